The van der Waals surface area contributed by atoms with Gasteiger partial charge in [0.2, 0.25) is 0 Å². The normalized spacial score (nSPS) is 16.5. The Morgan fingerprint density at radius 1 is 1.36 bits per heavy atom. The van der Waals surface area contributed by atoms with E-state index in [1.165, 1.54) is 0 Å². The van der Waals surface area contributed by atoms with Crippen molar-refractivity contribution in [3.05, 3.63) is 23.8 Å². The van der Waals surface area contributed by atoms with E-state index in [1.54, 1.807) is 7.11 Å². The summed E-state index contributed by atoms with van der Waals surface area (Å²) in [7, 11) is 3.76. The number of likely N-dealkylation sites (tertiary alicyclic amines) is 1. The summed E-state index contributed by atoms with van der Waals surface area (Å²) in [6.07, 6.45) is 3.67. The number of aryl methyl sites for hydroxylation is 1. The van der Waals surface area contributed by atoms with Crippen molar-refractivity contribution in [3.63, 3.8) is 0 Å². The number of carboxylic acid groups (broad SMARTS) is 1. The van der Waals surface area contributed by atoms with E-state index in [2.05, 4.69) is 11.9 Å². The number of ether oxygens (including phenoxy) is 2. The number of piperidine rings is 1. The number of rotatable bonds is 7. The zero-order chi connectivity index (χ0) is 15.9. The average molecular weight is 307 g/mol. The number of benzene rings is 1. The Morgan fingerprint density at radius 3 is 2.73 bits per heavy atom. The van der Waals surface area contributed by atoms with E-state index in [4.69, 9.17) is 14.6 Å². The second-order valence-corrected chi connectivity index (χ2v) is 5.82. The molecule has 1 aromatic carbocycles. The smallest absolute Gasteiger partial charge is 0.303 e. The van der Waals surface area contributed by atoms with Crippen LogP contribution < -0.4 is 9.47 Å². The van der Waals surface area contributed by atoms with Gasteiger partial charge in [-0.15, -0.1) is 0 Å². The Morgan fingerprint density at radius 2 is 2.09 bits per heavy atom. The van der Waals surface area contributed by atoms with Crippen LogP contribution in [0.1, 0.15) is 31.2 Å². The van der Waals surface area contributed by atoms with Crippen LogP contribution in [-0.2, 0) is 11.2 Å². The molecule has 22 heavy (non-hydrogen) atoms. The second kappa shape index (κ2) is 8.03. The molecule has 0 aromatic heterocycles. The number of para-hydroxylation sites is 1. The first-order valence-electron chi connectivity index (χ1n) is 7.83. The van der Waals surface area contributed by atoms with Crippen molar-refractivity contribution in [3.8, 4) is 11.5 Å². The maximum absolute atomic E-state index is 10.7. The summed E-state index contributed by atoms with van der Waals surface area (Å²) >= 11 is 0. The first-order chi connectivity index (χ1) is 10.6. The van der Waals surface area contributed by atoms with Crippen LogP contribution in [0.25, 0.3) is 0 Å². The third-order valence-corrected chi connectivity index (χ3v) is 4.07. The molecule has 5 heteroatoms. The summed E-state index contributed by atoms with van der Waals surface area (Å²) in [6, 6.07) is 5.82. The Labute approximate surface area is 131 Å². The fraction of sp³-hybridized carbons (Fsp3) is 0.588. The van der Waals surface area contributed by atoms with Crippen LogP contribution in [0.2, 0.25) is 0 Å². The van der Waals surface area contributed by atoms with E-state index in [1.807, 2.05) is 18.2 Å². The highest BCUT2D eigenvalue weighted by molar-refractivity contribution is 5.66. The lowest BCUT2D eigenvalue weighted by Gasteiger charge is -2.30. The quantitative estimate of drug-likeness (QED) is 0.839. The molecule has 0 unspecified atom stereocenters. The van der Waals surface area contributed by atoms with Gasteiger partial charge in [-0.3, -0.25) is 4.79 Å². The van der Waals surface area contributed by atoms with Gasteiger partial charge in [0.15, 0.2) is 11.5 Å². The highest BCUT2D eigenvalue weighted by Crippen LogP contribution is 2.34. The number of nitrogens with zero attached hydrogens (tertiary/aromatic N) is 1. The molecule has 0 aliphatic carbocycles. The van der Waals surface area contributed by atoms with Gasteiger partial charge < -0.3 is 19.5 Å². The summed E-state index contributed by atoms with van der Waals surface area (Å²) < 4.78 is 11.6. The van der Waals surface area contributed by atoms with E-state index in [-0.39, 0.29) is 12.5 Å². The van der Waals surface area contributed by atoms with Crippen molar-refractivity contribution in [2.75, 3.05) is 27.2 Å². The predicted molar refractivity (Wildman–Crippen MR) is 84.7 cm³/mol. The molecule has 0 radical (unpaired) electrons. The molecular formula is C17H25NO4. The molecule has 1 saturated heterocycles. The van der Waals surface area contributed by atoms with Crippen LogP contribution in [0.15, 0.2) is 18.2 Å². The minimum atomic E-state index is -0.763. The number of hydrogen-bond donors (Lipinski definition) is 1. The third-order valence-electron chi connectivity index (χ3n) is 4.07. The molecule has 0 amide bonds. The van der Waals surface area contributed by atoms with Crippen LogP contribution in [0, 0.1) is 0 Å². The number of aliphatic carboxylic acids is 1. The van der Waals surface area contributed by atoms with E-state index >= 15 is 0 Å². The predicted octanol–water partition coefficient (Wildman–Crippen LogP) is 2.58. The lowest BCUT2D eigenvalue weighted by molar-refractivity contribution is -0.137. The first kappa shape index (κ1) is 16.6. The van der Waals surface area contributed by atoms with E-state index in [0.29, 0.717) is 12.8 Å². The standard InChI is InChI=1S/C17H25NO4/c1-18-11-9-14(10-12-18)22-17-13(6-4-8-16(19)20)5-3-7-15(17)21-2/h3,5,7,14H,4,6,8-12H2,1-2H3,(H,19,20). The molecule has 5 nitrogen and oxygen atoms in total. The van der Waals surface area contributed by atoms with Crippen molar-refractivity contribution >= 4 is 5.97 Å². The number of carbonyl (C=O) groups is 1. The number of methoxy groups -OCH3 is 1. The third kappa shape index (κ3) is 4.63. The zero-order valence-electron chi connectivity index (χ0n) is 13.4. The summed E-state index contributed by atoms with van der Waals surface area (Å²) in [6.45, 7) is 2.07. The Bertz CT molecular complexity index is 495. The van der Waals surface area contributed by atoms with Gasteiger partial charge in [0.25, 0.3) is 0 Å². The summed E-state index contributed by atoms with van der Waals surface area (Å²) in [5, 5.41) is 8.79. The van der Waals surface area contributed by atoms with Crippen LogP contribution >= 0.6 is 0 Å². The highest BCUT2D eigenvalue weighted by Gasteiger charge is 2.21. The largest absolute Gasteiger partial charge is 0.493 e. The van der Waals surface area contributed by atoms with E-state index in [0.717, 1.165) is 43.0 Å². The van der Waals surface area contributed by atoms with Gasteiger partial charge in [-0.1, -0.05) is 12.1 Å². The molecule has 1 fully saturated rings. The Kier molecular flexibility index (Phi) is 6.07. The highest BCUT2D eigenvalue weighted by atomic mass is 16.5. The summed E-state index contributed by atoms with van der Waals surface area (Å²) in [5.41, 5.74) is 1.03. The molecule has 0 saturated carbocycles. The maximum Gasteiger partial charge on any atom is 0.303 e. The van der Waals surface area contributed by atoms with Crippen molar-refractivity contribution in [1.82, 2.24) is 4.90 Å². The minimum Gasteiger partial charge on any atom is -0.493 e. The van der Waals surface area contributed by atoms with Crippen molar-refractivity contribution in [2.45, 2.75) is 38.2 Å². The van der Waals surface area contributed by atoms with Gasteiger partial charge in [-0.25, -0.2) is 0 Å². The lowest BCUT2D eigenvalue weighted by Crippen LogP contribution is -2.35. The van der Waals surface area contributed by atoms with Gasteiger partial charge in [-0.2, -0.15) is 0 Å². The fourth-order valence-electron chi connectivity index (χ4n) is 2.75. The molecule has 0 spiro atoms. The van der Waals surface area contributed by atoms with Crippen LogP contribution in [0.5, 0.6) is 11.5 Å². The van der Waals surface area contributed by atoms with Crippen molar-refractivity contribution in [1.29, 1.82) is 0 Å². The summed E-state index contributed by atoms with van der Waals surface area (Å²) in [4.78, 5) is 13.0. The molecule has 1 N–H and O–H groups in total. The Hall–Kier alpha value is -1.75. The topological polar surface area (TPSA) is 59.0 Å². The maximum atomic E-state index is 10.7. The molecule has 0 bridgehead atoms. The monoisotopic (exact) mass is 307 g/mol. The van der Waals surface area contributed by atoms with Gasteiger partial charge in [0.05, 0.1) is 7.11 Å². The molecule has 1 aliphatic rings. The van der Waals surface area contributed by atoms with Crippen LogP contribution in [-0.4, -0.2) is 49.3 Å². The zero-order valence-corrected chi connectivity index (χ0v) is 13.4. The van der Waals surface area contributed by atoms with Crippen LogP contribution in [0.4, 0.5) is 0 Å². The SMILES string of the molecule is COc1cccc(CCCC(=O)O)c1OC1CCN(C)CC1. The second-order valence-electron chi connectivity index (χ2n) is 5.82. The number of hydrogen-bond acceptors (Lipinski definition) is 4. The van der Waals surface area contributed by atoms with Gasteiger partial charge >= 0.3 is 5.97 Å². The van der Waals surface area contributed by atoms with E-state index < -0.39 is 5.97 Å². The van der Waals surface area contributed by atoms with Crippen molar-refractivity contribution < 1.29 is 19.4 Å². The fourth-order valence-corrected chi connectivity index (χ4v) is 2.75. The number of carboxylic acids is 1. The molecule has 1 heterocycles. The molecule has 2 rings (SSSR count). The van der Waals surface area contributed by atoms with Crippen molar-refractivity contribution in [2.24, 2.45) is 0 Å². The van der Waals surface area contributed by atoms with E-state index in [9.17, 15) is 4.79 Å². The molecule has 1 aromatic rings. The summed E-state index contributed by atoms with van der Waals surface area (Å²) in [5.74, 6) is 0.748. The van der Waals surface area contributed by atoms with Gasteiger partial charge in [0, 0.05) is 19.5 Å². The van der Waals surface area contributed by atoms with Gasteiger partial charge in [-0.05, 0) is 44.4 Å². The molecular weight excluding hydrogens is 282 g/mol. The molecule has 1 aliphatic heterocycles. The average Bonchev–Trinajstić information content (AvgIpc) is 2.50. The molecule has 0 atom stereocenters. The van der Waals surface area contributed by atoms with Crippen LogP contribution in [0.3, 0.4) is 0 Å². The van der Waals surface area contributed by atoms with Gasteiger partial charge in [0.1, 0.15) is 6.10 Å². The molecule has 122 valence electrons. The first-order valence-corrected chi connectivity index (χ1v) is 7.83. The lowest BCUT2D eigenvalue weighted by atomic mass is 10.0. The Balaban J connectivity index is 2.07. The minimum absolute atomic E-state index is 0.172.